The van der Waals surface area contributed by atoms with Gasteiger partial charge in [0.25, 0.3) is 0 Å². The second-order valence-corrected chi connectivity index (χ2v) is 6.06. The first-order chi connectivity index (χ1) is 9.10. The molecule has 3 heteroatoms. The summed E-state index contributed by atoms with van der Waals surface area (Å²) >= 11 is 0. The van der Waals surface area contributed by atoms with Crippen molar-refractivity contribution in [3.8, 4) is 0 Å². The van der Waals surface area contributed by atoms with Crippen LogP contribution in [0.25, 0.3) is 0 Å². The minimum Gasteiger partial charge on any atom is -0.313 e. The molecule has 1 heterocycles. The third-order valence-corrected chi connectivity index (χ3v) is 4.95. The maximum absolute atomic E-state index is 4.88. The predicted molar refractivity (Wildman–Crippen MR) is 80.5 cm³/mol. The first kappa shape index (κ1) is 14.6. The van der Waals surface area contributed by atoms with E-state index in [2.05, 4.69) is 37.7 Å². The number of rotatable bonds is 4. The van der Waals surface area contributed by atoms with Crippen LogP contribution >= 0.6 is 0 Å². The first-order valence-electron chi connectivity index (χ1n) is 7.83. The van der Waals surface area contributed by atoms with Gasteiger partial charge in [0.05, 0.1) is 11.7 Å². The van der Waals surface area contributed by atoms with Crippen molar-refractivity contribution in [3.05, 3.63) is 17.0 Å². The molecule has 1 aromatic rings. The summed E-state index contributed by atoms with van der Waals surface area (Å²) in [5.41, 5.74) is 3.95. The lowest BCUT2D eigenvalue weighted by Gasteiger charge is -2.32. The van der Waals surface area contributed by atoms with Crippen molar-refractivity contribution >= 4 is 0 Å². The first-order valence-corrected chi connectivity index (χ1v) is 7.83. The van der Waals surface area contributed by atoms with Crippen LogP contribution < -0.4 is 5.32 Å². The molecule has 1 N–H and O–H groups in total. The molecule has 0 bridgehead atoms. The Bertz CT molecular complexity index is 422. The molecule has 1 fully saturated rings. The Hall–Kier alpha value is -0.830. The van der Waals surface area contributed by atoms with Gasteiger partial charge in [0.2, 0.25) is 0 Å². The molecule has 1 saturated carbocycles. The van der Waals surface area contributed by atoms with Gasteiger partial charge in [-0.1, -0.05) is 26.2 Å². The Kier molecular flexibility index (Phi) is 4.67. The van der Waals surface area contributed by atoms with E-state index < -0.39 is 0 Å². The molecule has 19 heavy (non-hydrogen) atoms. The standard InChI is InChI=1S/C16H29N3/c1-6-14-9-7-8-10-15(14)19-13(4)16(11(2)17-5)12(3)18-19/h11,14-15,17H,6-10H2,1-5H3. The average Bonchev–Trinajstić information content (AvgIpc) is 2.73. The Balaban J connectivity index is 2.34. The number of aryl methyl sites for hydroxylation is 1. The van der Waals surface area contributed by atoms with Crippen molar-refractivity contribution in [1.82, 2.24) is 15.1 Å². The van der Waals surface area contributed by atoms with E-state index in [-0.39, 0.29) is 0 Å². The largest absolute Gasteiger partial charge is 0.313 e. The maximum atomic E-state index is 4.88. The van der Waals surface area contributed by atoms with Gasteiger partial charge in [-0.15, -0.1) is 0 Å². The van der Waals surface area contributed by atoms with Crippen LogP contribution in [0.3, 0.4) is 0 Å². The quantitative estimate of drug-likeness (QED) is 0.892. The van der Waals surface area contributed by atoms with E-state index in [4.69, 9.17) is 5.10 Å². The highest BCUT2D eigenvalue weighted by molar-refractivity contribution is 5.28. The lowest BCUT2D eigenvalue weighted by molar-refractivity contribution is 0.214. The summed E-state index contributed by atoms with van der Waals surface area (Å²) < 4.78 is 2.34. The summed E-state index contributed by atoms with van der Waals surface area (Å²) in [4.78, 5) is 0. The molecule has 0 spiro atoms. The number of aromatic nitrogens is 2. The summed E-state index contributed by atoms with van der Waals surface area (Å²) in [6.45, 7) is 8.94. The summed E-state index contributed by atoms with van der Waals surface area (Å²) in [6.07, 6.45) is 6.70. The number of nitrogens with zero attached hydrogens (tertiary/aromatic N) is 2. The lowest BCUT2D eigenvalue weighted by Crippen LogP contribution is -2.25. The van der Waals surface area contributed by atoms with Gasteiger partial charge in [0.15, 0.2) is 0 Å². The van der Waals surface area contributed by atoms with E-state index >= 15 is 0 Å². The van der Waals surface area contributed by atoms with E-state index in [1.54, 1.807) is 0 Å². The third-order valence-electron chi connectivity index (χ3n) is 4.95. The normalized spacial score (nSPS) is 25.5. The fraction of sp³-hybridized carbons (Fsp3) is 0.812. The van der Waals surface area contributed by atoms with Gasteiger partial charge in [-0.05, 0) is 46.6 Å². The molecular formula is C16H29N3. The monoisotopic (exact) mass is 263 g/mol. The fourth-order valence-corrected chi connectivity index (χ4v) is 3.76. The molecule has 0 amide bonds. The highest BCUT2D eigenvalue weighted by Gasteiger charge is 2.28. The zero-order valence-electron chi connectivity index (χ0n) is 13.2. The molecule has 2 rings (SSSR count). The second-order valence-electron chi connectivity index (χ2n) is 6.06. The highest BCUT2D eigenvalue weighted by atomic mass is 15.3. The maximum Gasteiger partial charge on any atom is 0.0644 e. The Morgan fingerprint density at radius 3 is 2.63 bits per heavy atom. The zero-order valence-corrected chi connectivity index (χ0v) is 13.2. The Morgan fingerprint density at radius 1 is 1.32 bits per heavy atom. The molecule has 3 atom stereocenters. The highest BCUT2D eigenvalue weighted by Crippen LogP contribution is 2.37. The van der Waals surface area contributed by atoms with E-state index in [0.717, 1.165) is 5.92 Å². The summed E-state index contributed by atoms with van der Waals surface area (Å²) in [6, 6.07) is 1.01. The molecule has 108 valence electrons. The molecule has 0 aromatic carbocycles. The Morgan fingerprint density at radius 2 is 2.00 bits per heavy atom. The van der Waals surface area contributed by atoms with Crippen molar-refractivity contribution in [2.24, 2.45) is 5.92 Å². The minimum absolute atomic E-state index is 0.386. The molecule has 1 aliphatic carbocycles. The van der Waals surface area contributed by atoms with E-state index in [1.165, 1.54) is 49.1 Å². The van der Waals surface area contributed by atoms with Gasteiger partial charge >= 0.3 is 0 Å². The lowest BCUT2D eigenvalue weighted by atomic mass is 9.83. The van der Waals surface area contributed by atoms with Crippen molar-refractivity contribution in [2.75, 3.05) is 7.05 Å². The van der Waals surface area contributed by atoms with Gasteiger partial charge in [0.1, 0.15) is 0 Å². The summed E-state index contributed by atoms with van der Waals surface area (Å²) in [5.74, 6) is 0.810. The van der Waals surface area contributed by atoms with Crippen LogP contribution in [0.5, 0.6) is 0 Å². The number of hydrogen-bond acceptors (Lipinski definition) is 2. The molecule has 0 saturated heterocycles. The average molecular weight is 263 g/mol. The van der Waals surface area contributed by atoms with Gasteiger partial charge < -0.3 is 5.32 Å². The summed E-state index contributed by atoms with van der Waals surface area (Å²) in [7, 11) is 2.02. The minimum atomic E-state index is 0.386. The number of hydrogen-bond donors (Lipinski definition) is 1. The number of nitrogens with one attached hydrogen (secondary N) is 1. The molecule has 0 radical (unpaired) electrons. The summed E-state index contributed by atoms with van der Waals surface area (Å²) in [5, 5.41) is 8.23. The van der Waals surface area contributed by atoms with Crippen molar-refractivity contribution in [1.29, 1.82) is 0 Å². The zero-order chi connectivity index (χ0) is 14.0. The molecule has 1 aliphatic rings. The van der Waals surface area contributed by atoms with Crippen LogP contribution in [0.4, 0.5) is 0 Å². The third kappa shape index (κ3) is 2.71. The van der Waals surface area contributed by atoms with E-state index in [9.17, 15) is 0 Å². The van der Waals surface area contributed by atoms with Crippen LogP contribution in [0.15, 0.2) is 0 Å². The van der Waals surface area contributed by atoms with Crippen LogP contribution in [0.1, 0.15) is 75.0 Å². The van der Waals surface area contributed by atoms with Crippen LogP contribution in [-0.4, -0.2) is 16.8 Å². The van der Waals surface area contributed by atoms with Crippen molar-refractivity contribution in [2.45, 2.75) is 71.9 Å². The van der Waals surface area contributed by atoms with Gasteiger partial charge in [-0.25, -0.2) is 0 Å². The fourth-order valence-electron chi connectivity index (χ4n) is 3.76. The van der Waals surface area contributed by atoms with E-state index in [1.807, 2.05) is 7.05 Å². The van der Waals surface area contributed by atoms with Gasteiger partial charge in [-0.3, -0.25) is 4.68 Å². The molecule has 3 nitrogen and oxygen atoms in total. The predicted octanol–water partition coefficient (Wildman–Crippen LogP) is 3.92. The van der Waals surface area contributed by atoms with Crippen LogP contribution in [0, 0.1) is 19.8 Å². The smallest absolute Gasteiger partial charge is 0.0644 e. The topological polar surface area (TPSA) is 29.9 Å². The Labute approximate surface area is 117 Å². The molecule has 3 unspecified atom stereocenters. The van der Waals surface area contributed by atoms with Gasteiger partial charge in [-0.2, -0.15) is 5.10 Å². The van der Waals surface area contributed by atoms with Crippen LogP contribution in [-0.2, 0) is 0 Å². The SMILES string of the molecule is CCC1CCCCC1n1nc(C)c(C(C)NC)c1C. The van der Waals surface area contributed by atoms with Crippen LogP contribution in [0.2, 0.25) is 0 Å². The molecule has 1 aromatic heterocycles. The molecule has 0 aliphatic heterocycles. The van der Waals surface area contributed by atoms with Gasteiger partial charge in [0, 0.05) is 17.3 Å². The van der Waals surface area contributed by atoms with Crippen molar-refractivity contribution < 1.29 is 0 Å². The van der Waals surface area contributed by atoms with Crippen molar-refractivity contribution in [3.63, 3.8) is 0 Å². The second kappa shape index (κ2) is 6.08. The van der Waals surface area contributed by atoms with E-state index in [0.29, 0.717) is 12.1 Å². The molecular weight excluding hydrogens is 234 g/mol.